The summed E-state index contributed by atoms with van der Waals surface area (Å²) in [6, 6.07) is 0. The minimum Gasteiger partial charge on any atom is -0.395 e. The number of fused-ring (bicyclic) bond motifs is 1. The lowest BCUT2D eigenvalue weighted by molar-refractivity contribution is -0.138. The molecule has 2 heterocycles. The van der Waals surface area contributed by atoms with Gasteiger partial charge in [-0.25, -0.2) is 4.98 Å². The molecule has 0 amide bonds. The third-order valence-corrected chi connectivity index (χ3v) is 2.59. The van der Waals surface area contributed by atoms with E-state index in [9.17, 15) is 13.2 Å². The second-order valence-electron chi connectivity index (χ2n) is 3.67. The number of anilines is 1. The molecule has 0 aliphatic carbocycles. The van der Waals surface area contributed by atoms with Crippen molar-refractivity contribution in [1.82, 2.24) is 9.38 Å². The molecule has 18 heavy (non-hydrogen) atoms. The van der Waals surface area contributed by atoms with Crippen molar-refractivity contribution in [1.29, 1.82) is 0 Å². The van der Waals surface area contributed by atoms with E-state index in [1.165, 1.54) is 17.5 Å². The molecule has 6 heteroatoms. The van der Waals surface area contributed by atoms with E-state index in [1.807, 2.05) is 13.8 Å². The van der Waals surface area contributed by atoms with Gasteiger partial charge in [0.05, 0.1) is 11.3 Å². The molecule has 2 rings (SSSR count). The summed E-state index contributed by atoms with van der Waals surface area (Å²) in [5, 5.41) is 0. The molecule has 0 saturated carbocycles. The van der Waals surface area contributed by atoms with Gasteiger partial charge in [-0.3, -0.25) is 0 Å². The van der Waals surface area contributed by atoms with E-state index in [1.54, 1.807) is 6.92 Å². The summed E-state index contributed by atoms with van der Waals surface area (Å²) in [5.41, 5.74) is 6.00. The van der Waals surface area contributed by atoms with Gasteiger partial charge in [0.25, 0.3) is 0 Å². The van der Waals surface area contributed by atoms with Gasteiger partial charge >= 0.3 is 6.18 Å². The van der Waals surface area contributed by atoms with Gasteiger partial charge in [-0.05, 0) is 19.4 Å². The van der Waals surface area contributed by atoms with Gasteiger partial charge in [-0.1, -0.05) is 13.8 Å². The first-order valence-corrected chi connectivity index (χ1v) is 5.62. The van der Waals surface area contributed by atoms with Crippen molar-refractivity contribution < 1.29 is 13.2 Å². The first-order valence-electron chi connectivity index (χ1n) is 5.62. The monoisotopic (exact) mass is 259 g/mol. The summed E-state index contributed by atoms with van der Waals surface area (Å²) in [4.78, 5) is 3.97. The van der Waals surface area contributed by atoms with E-state index in [0.29, 0.717) is 11.3 Å². The molecule has 0 aromatic carbocycles. The maximum atomic E-state index is 12.7. The highest BCUT2D eigenvalue weighted by atomic mass is 19.4. The molecule has 0 fully saturated rings. The van der Waals surface area contributed by atoms with Crippen LogP contribution in [0.4, 0.5) is 18.9 Å². The van der Waals surface area contributed by atoms with Gasteiger partial charge in [0.1, 0.15) is 0 Å². The smallest absolute Gasteiger partial charge is 0.395 e. The quantitative estimate of drug-likeness (QED) is 0.785. The highest BCUT2D eigenvalue weighted by Crippen LogP contribution is 2.35. The van der Waals surface area contributed by atoms with Crippen LogP contribution in [-0.2, 0) is 6.18 Å². The van der Waals surface area contributed by atoms with Gasteiger partial charge in [0.15, 0.2) is 5.65 Å². The third kappa shape index (κ3) is 2.27. The van der Waals surface area contributed by atoms with Crippen LogP contribution in [0.25, 0.3) is 5.65 Å². The Hall–Kier alpha value is -1.72. The topological polar surface area (TPSA) is 43.3 Å². The summed E-state index contributed by atoms with van der Waals surface area (Å²) in [6.45, 7) is 7.02. The van der Waals surface area contributed by atoms with Gasteiger partial charge < -0.3 is 10.1 Å². The van der Waals surface area contributed by atoms with Crippen LogP contribution in [0.1, 0.15) is 30.7 Å². The number of alkyl halides is 3. The van der Waals surface area contributed by atoms with Crippen molar-refractivity contribution in [2.24, 2.45) is 0 Å². The lowest BCUT2D eigenvalue weighted by Gasteiger charge is -2.13. The second kappa shape index (κ2) is 4.88. The number of hydrogen-bond acceptors (Lipinski definition) is 2. The Bertz CT molecular complexity index is 556. The van der Waals surface area contributed by atoms with Crippen LogP contribution in [0.15, 0.2) is 12.4 Å². The number of aromatic nitrogens is 2. The van der Waals surface area contributed by atoms with E-state index < -0.39 is 11.7 Å². The molecule has 0 aliphatic rings. The number of aryl methyl sites for hydroxylation is 1. The molecule has 2 aromatic heterocycles. The minimum atomic E-state index is -4.40. The number of nitrogen functional groups attached to an aromatic ring is 1. The fourth-order valence-electron chi connectivity index (χ4n) is 1.63. The van der Waals surface area contributed by atoms with Crippen molar-refractivity contribution in [3.8, 4) is 0 Å². The number of halogens is 3. The number of imidazole rings is 1. The molecular formula is C12H16F3N3. The van der Waals surface area contributed by atoms with Gasteiger partial charge in [-0.2, -0.15) is 13.2 Å². The van der Waals surface area contributed by atoms with Crippen molar-refractivity contribution in [2.45, 2.75) is 33.9 Å². The number of hydrogen-bond donors (Lipinski definition) is 1. The zero-order chi connectivity index (χ0) is 14.1. The van der Waals surface area contributed by atoms with Crippen LogP contribution in [0.3, 0.4) is 0 Å². The highest BCUT2D eigenvalue weighted by Gasteiger charge is 2.34. The largest absolute Gasteiger partial charge is 0.418 e. The van der Waals surface area contributed by atoms with Crippen LogP contribution in [-0.4, -0.2) is 9.38 Å². The molecule has 100 valence electrons. The Balaban J connectivity index is 0.000000771. The second-order valence-corrected chi connectivity index (χ2v) is 3.67. The number of pyridine rings is 1. The molecule has 3 nitrogen and oxygen atoms in total. The minimum absolute atomic E-state index is 0.0191. The van der Waals surface area contributed by atoms with E-state index >= 15 is 0 Å². The molecule has 0 atom stereocenters. The molecule has 2 N–H and O–H groups in total. The lowest BCUT2D eigenvalue weighted by atomic mass is 10.1. The Kier molecular flexibility index (Phi) is 3.88. The Morgan fingerprint density at radius 1 is 1.22 bits per heavy atom. The molecular weight excluding hydrogens is 243 g/mol. The van der Waals surface area contributed by atoms with Crippen LogP contribution in [0.2, 0.25) is 0 Å². The van der Waals surface area contributed by atoms with Gasteiger partial charge in [0, 0.05) is 18.1 Å². The fourth-order valence-corrected chi connectivity index (χ4v) is 1.63. The summed E-state index contributed by atoms with van der Waals surface area (Å²) in [7, 11) is 0. The summed E-state index contributed by atoms with van der Waals surface area (Å²) < 4.78 is 39.5. The van der Waals surface area contributed by atoms with Crippen LogP contribution < -0.4 is 5.73 Å². The molecule has 0 aliphatic heterocycles. The highest BCUT2D eigenvalue weighted by molar-refractivity contribution is 5.70. The molecule has 0 radical (unpaired) electrons. The summed E-state index contributed by atoms with van der Waals surface area (Å²) in [5.74, 6) is 0. The molecule has 0 saturated heterocycles. The van der Waals surface area contributed by atoms with Crippen LogP contribution in [0, 0.1) is 13.8 Å². The maximum absolute atomic E-state index is 12.7. The molecule has 2 aromatic rings. The maximum Gasteiger partial charge on any atom is 0.418 e. The SMILES string of the molecule is CC.Cc1c(C(F)(F)F)cn2c(C)cnc2c1N. The van der Waals surface area contributed by atoms with Crippen molar-refractivity contribution in [3.63, 3.8) is 0 Å². The number of rotatable bonds is 0. The standard InChI is InChI=1S/C10H10F3N3.C2H6/c1-5-3-15-9-8(14)6(2)7(4-16(5)9)10(11,12)13;1-2/h3-4H,14H2,1-2H3;1-2H3. The summed E-state index contributed by atoms with van der Waals surface area (Å²) in [6.07, 6.45) is -1.88. The van der Waals surface area contributed by atoms with Crippen LogP contribution >= 0.6 is 0 Å². The van der Waals surface area contributed by atoms with E-state index in [0.717, 1.165) is 6.20 Å². The van der Waals surface area contributed by atoms with Crippen molar-refractivity contribution in [3.05, 3.63) is 29.2 Å². The first-order chi connectivity index (χ1) is 8.32. The van der Waals surface area contributed by atoms with E-state index in [2.05, 4.69) is 4.98 Å². The average Bonchev–Trinajstić information content (AvgIpc) is 2.67. The zero-order valence-corrected chi connectivity index (χ0v) is 10.8. The Morgan fingerprint density at radius 3 is 2.28 bits per heavy atom. The third-order valence-electron chi connectivity index (χ3n) is 2.59. The van der Waals surface area contributed by atoms with Gasteiger partial charge in [-0.15, -0.1) is 0 Å². The van der Waals surface area contributed by atoms with Crippen LogP contribution in [0.5, 0.6) is 0 Å². The number of nitrogens with zero attached hydrogens (tertiary/aromatic N) is 2. The first kappa shape index (κ1) is 14.3. The predicted molar refractivity (Wildman–Crippen MR) is 65.4 cm³/mol. The molecule has 0 spiro atoms. The van der Waals surface area contributed by atoms with Crippen molar-refractivity contribution >= 4 is 11.3 Å². The van der Waals surface area contributed by atoms with E-state index in [4.69, 9.17) is 5.73 Å². The normalized spacial score (nSPS) is 11.3. The fraction of sp³-hybridized carbons (Fsp3) is 0.417. The Morgan fingerprint density at radius 2 is 1.78 bits per heavy atom. The Labute approximate surface area is 103 Å². The number of nitrogens with two attached hydrogens (primary N) is 1. The van der Waals surface area contributed by atoms with E-state index in [-0.39, 0.29) is 11.3 Å². The molecule has 0 unspecified atom stereocenters. The molecule has 0 bridgehead atoms. The van der Waals surface area contributed by atoms with Gasteiger partial charge in [0.2, 0.25) is 0 Å². The average molecular weight is 259 g/mol. The zero-order valence-electron chi connectivity index (χ0n) is 10.8. The summed E-state index contributed by atoms with van der Waals surface area (Å²) >= 11 is 0. The lowest BCUT2D eigenvalue weighted by Crippen LogP contribution is -2.12. The van der Waals surface area contributed by atoms with Crippen molar-refractivity contribution in [2.75, 3.05) is 5.73 Å². The predicted octanol–water partition coefficient (Wildman–Crippen LogP) is 3.58.